The second-order valence-corrected chi connectivity index (χ2v) is 11.3. The molecule has 2 unspecified atom stereocenters. The summed E-state index contributed by atoms with van der Waals surface area (Å²) in [6, 6.07) is 23.5. The van der Waals surface area contributed by atoms with Gasteiger partial charge in [-0.2, -0.15) is 0 Å². The molecule has 2 atom stereocenters. The minimum atomic E-state index is -3.63. The molecule has 0 saturated carbocycles. The topological polar surface area (TPSA) is 81.8 Å². The summed E-state index contributed by atoms with van der Waals surface area (Å²) in [5, 5.41) is 9.65. The lowest BCUT2D eigenvalue weighted by molar-refractivity contribution is -0.128. The van der Waals surface area contributed by atoms with E-state index in [2.05, 4.69) is 58.0 Å². The van der Waals surface area contributed by atoms with E-state index in [1.165, 1.54) is 16.3 Å². The van der Waals surface area contributed by atoms with Gasteiger partial charge in [0.15, 0.2) is 9.84 Å². The van der Waals surface area contributed by atoms with E-state index in [1.807, 2.05) is 0 Å². The maximum absolute atomic E-state index is 12.9. The van der Waals surface area contributed by atoms with Crippen LogP contribution in [0.25, 0.3) is 10.8 Å². The fourth-order valence-corrected chi connectivity index (χ4v) is 6.36. The van der Waals surface area contributed by atoms with Gasteiger partial charge in [-0.1, -0.05) is 54.6 Å². The number of nitrogens with zero attached hydrogens (tertiary/aromatic N) is 2. The summed E-state index contributed by atoms with van der Waals surface area (Å²) < 4.78 is 25.3. The fourth-order valence-electron chi connectivity index (χ4n) is 5.11. The van der Waals surface area contributed by atoms with E-state index >= 15 is 0 Å². The Morgan fingerprint density at radius 1 is 0.857 bits per heavy atom. The maximum Gasteiger partial charge on any atom is 0.238 e. The highest BCUT2D eigenvalue weighted by atomic mass is 32.2. The fraction of sp³-hybridized carbons (Fsp3) is 0.370. The van der Waals surface area contributed by atoms with Gasteiger partial charge in [0.25, 0.3) is 0 Å². The van der Waals surface area contributed by atoms with E-state index in [-0.39, 0.29) is 23.0 Å². The summed E-state index contributed by atoms with van der Waals surface area (Å²) in [5.41, 5.74) is 1.29. The average Bonchev–Trinajstić information content (AvgIpc) is 3.15. The van der Waals surface area contributed by atoms with Gasteiger partial charge in [0.05, 0.1) is 11.1 Å². The van der Waals surface area contributed by atoms with Gasteiger partial charge in [0.2, 0.25) is 5.91 Å². The molecule has 3 aromatic rings. The zero-order valence-corrected chi connectivity index (χ0v) is 20.6. The average molecular weight is 493 g/mol. The van der Waals surface area contributed by atoms with Gasteiger partial charge in [-0.25, -0.2) is 8.42 Å². The minimum Gasteiger partial charge on any atom is -0.340 e. The molecule has 2 saturated heterocycles. The first-order valence-electron chi connectivity index (χ1n) is 12.2. The molecule has 2 aliphatic heterocycles. The van der Waals surface area contributed by atoms with Crippen molar-refractivity contribution in [3.05, 3.63) is 78.4 Å². The van der Waals surface area contributed by atoms with Crippen molar-refractivity contribution in [3.8, 4) is 0 Å². The molecule has 8 heteroatoms. The smallest absolute Gasteiger partial charge is 0.238 e. The summed E-state index contributed by atoms with van der Waals surface area (Å²) in [7, 11) is -3.63. The number of sulfone groups is 1. The molecular weight excluding hydrogens is 460 g/mol. The lowest BCUT2D eigenvalue weighted by atomic mass is 9.97. The number of rotatable bonds is 5. The molecule has 7 nitrogen and oxygen atoms in total. The molecule has 3 aromatic carbocycles. The van der Waals surface area contributed by atoms with Crippen molar-refractivity contribution < 1.29 is 13.2 Å². The molecule has 184 valence electrons. The van der Waals surface area contributed by atoms with Gasteiger partial charge in [0.1, 0.15) is 5.75 Å². The summed E-state index contributed by atoms with van der Waals surface area (Å²) in [6.07, 6.45) is 1.95. The van der Waals surface area contributed by atoms with E-state index in [0.717, 1.165) is 32.6 Å². The van der Waals surface area contributed by atoms with Crippen LogP contribution in [0.4, 0.5) is 0 Å². The van der Waals surface area contributed by atoms with Crippen LogP contribution in [-0.2, 0) is 14.6 Å². The monoisotopic (exact) mass is 492 g/mol. The van der Waals surface area contributed by atoms with Gasteiger partial charge in [-0.05, 0) is 47.4 Å². The summed E-state index contributed by atoms with van der Waals surface area (Å²) in [4.78, 5) is 17.2. The first-order valence-corrected chi connectivity index (χ1v) is 13.9. The van der Waals surface area contributed by atoms with Crippen LogP contribution < -0.4 is 10.6 Å². The number of amides is 1. The highest BCUT2D eigenvalue weighted by Crippen LogP contribution is 2.26. The zero-order chi connectivity index (χ0) is 24.3. The van der Waals surface area contributed by atoms with Crippen LogP contribution in [0.2, 0.25) is 0 Å². The van der Waals surface area contributed by atoms with Crippen LogP contribution in [-0.4, -0.2) is 68.9 Å². The number of carbonyl (C=O) groups excluding carboxylic acids is 1. The summed E-state index contributed by atoms with van der Waals surface area (Å²) >= 11 is 0. The van der Waals surface area contributed by atoms with Crippen LogP contribution in [0.5, 0.6) is 0 Å². The molecule has 2 fully saturated rings. The van der Waals surface area contributed by atoms with Gasteiger partial charge in [-0.3, -0.25) is 20.3 Å². The lowest BCUT2D eigenvalue weighted by Gasteiger charge is -2.38. The first-order chi connectivity index (χ1) is 17.0. The molecule has 0 aliphatic carbocycles. The SMILES string of the molecule is O=C(CS(=O)(=O)c1ccccc1)N1CCCN(C2CC(c3ccc4ccccc4c3)NCN2)CC1. The van der Waals surface area contributed by atoms with Crippen LogP contribution in [0.15, 0.2) is 77.7 Å². The zero-order valence-electron chi connectivity index (χ0n) is 19.8. The van der Waals surface area contributed by atoms with E-state index in [4.69, 9.17) is 0 Å². The summed E-state index contributed by atoms with van der Waals surface area (Å²) in [6.45, 7) is 3.43. The normalized spacial score (nSPS) is 22.1. The highest BCUT2D eigenvalue weighted by Gasteiger charge is 2.30. The van der Waals surface area contributed by atoms with Crippen LogP contribution in [0.3, 0.4) is 0 Å². The molecule has 5 rings (SSSR count). The van der Waals surface area contributed by atoms with Crippen molar-refractivity contribution >= 4 is 26.5 Å². The number of nitrogens with one attached hydrogen (secondary N) is 2. The maximum atomic E-state index is 12.9. The Labute approximate surface area is 207 Å². The van der Waals surface area contributed by atoms with Crippen molar-refractivity contribution in [2.24, 2.45) is 0 Å². The third-order valence-corrected chi connectivity index (χ3v) is 8.68. The Hall–Kier alpha value is -2.78. The van der Waals surface area contributed by atoms with Gasteiger partial charge >= 0.3 is 0 Å². The van der Waals surface area contributed by atoms with E-state index in [9.17, 15) is 13.2 Å². The molecule has 35 heavy (non-hydrogen) atoms. The number of fused-ring (bicyclic) bond motifs is 1. The van der Waals surface area contributed by atoms with Crippen molar-refractivity contribution in [3.63, 3.8) is 0 Å². The van der Waals surface area contributed by atoms with E-state index < -0.39 is 15.6 Å². The molecule has 0 spiro atoms. The Balaban J connectivity index is 1.20. The molecule has 1 amide bonds. The van der Waals surface area contributed by atoms with Crippen molar-refractivity contribution in [1.82, 2.24) is 20.4 Å². The molecule has 2 N–H and O–H groups in total. The molecule has 2 aliphatic rings. The molecule has 0 aromatic heterocycles. The van der Waals surface area contributed by atoms with Gasteiger partial charge in [0, 0.05) is 38.9 Å². The van der Waals surface area contributed by atoms with Crippen molar-refractivity contribution in [2.75, 3.05) is 38.6 Å². The quantitative estimate of drug-likeness (QED) is 0.570. The number of hydrogen-bond acceptors (Lipinski definition) is 6. The predicted octanol–water partition coefficient (Wildman–Crippen LogP) is 2.76. The summed E-state index contributed by atoms with van der Waals surface area (Å²) in [5.74, 6) is -0.796. The van der Waals surface area contributed by atoms with Crippen LogP contribution in [0, 0.1) is 0 Å². The van der Waals surface area contributed by atoms with E-state index in [0.29, 0.717) is 13.1 Å². The van der Waals surface area contributed by atoms with Gasteiger partial charge in [-0.15, -0.1) is 0 Å². The Morgan fingerprint density at radius 2 is 1.63 bits per heavy atom. The number of benzene rings is 3. The molecule has 2 heterocycles. The molecule has 0 bridgehead atoms. The van der Waals surface area contributed by atoms with Crippen LogP contribution in [0.1, 0.15) is 24.4 Å². The van der Waals surface area contributed by atoms with E-state index in [1.54, 1.807) is 35.2 Å². The van der Waals surface area contributed by atoms with Gasteiger partial charge < -0.3 is 4.90 Å². The highest BCUT2D eigenvalue weighted by molar-refractivity contribution is 7.92. The van der Waals surface area contributed by atoms with Crippen molar-refractivity contribution in [1.29, 1.82) is 0 Å². The van der Waals surface area contributed by atoms with Crippen molar-refractivity contribution in [2.45, 2.75) is 29.9 Å². The second-order valence-electron chi connectivity index (χ2n) is 9.34. The minimum absolute atomic E-state index is 0.198. The third kappa shape index (κ3) is 5.56. The largest absolute Gasteiger partial charge is 0.340 e. The molecular formula is C27H32N4O3S. The predicted molar refractivity (Wildman–Crippen MR) is 137 cm³/mol. The number of carbonyl (C=O) groups is 1. The Kier molecular flexibility index (Phi) is 7.15. The lowest BCUT2D eigenvalue weighted by Crippen LogP contribution is -2.55. The Bertz CT molecular complexity index is 1280. The molecule has 0 radical (unpaired) electrons. The first kappa shape index (κ1) is 23.9. The third-order valence-electron chi connectivity index (χ3n) is 7.06. The second kappa shape index (κ2) is 10.5. The van der Waals surface area contributed by atoms with Crippen LogP contribution >= 0.6 is 0 Å². The standard InChI is InChI=1S/C27H32N4O3S/c32-27(19-35(33,34)24-9-2-1-3-10-24)31-14-6-13-30(15-16-31)26-18-25(28-20-29-26)23-12-11-21-7-4-5-8-22(21)17-23/h1-5,7-12,17,25-26,28-29H,6,13-16,18-20H2. The Morgan fingerprint density at radius 3 is 2.46 bits per heavy atom. The number of hydrogen-bond donors (Lipinski definition) is 2.